The number of hydrogen-bond donors (Lipinski definition) is 1. The van der Waals surface area contributed by atoms with Crippen LogP contribution in [0.3, 0.4) is 0 Å². The van der Waals surface area contributed by atoms with E-state index in [-0.39, 0.29) is 30.2 Å². The molecule has 0 aliphatic carbocycles. The lowest BCUT2D eigenvalue weighted by atomic mass is 10.3. The van der Waals surface area contributed by atoms with Crippen molar-refractivity contribution in [1.82, 2.24) is 0 Å². The molecule has 84 valence electrons. The highest BCUT2D eigenvalue weighted by Gasteiger charge is 2.05. The number of nitrogens with two attached hydrogens (primary N) is 1. The van der Waals surface area contributed by atoms with Crippen LogP contribution in [0.25, 0.3) is 4.85 Å². The van der Waals surface area contributed by atoms with Crippen molar-refractivity contribution >= 4 is 5.69 Å². The Bertz CT molecular complexity index is 438. The van der Waals surface area contributed by atoms with Gasteiger partial charge >= 0.3 is 0 Å². The van der Waals surface area contributed by atoms with Crippen LogP contribution in [0.2, 0.25) is 0 Å². The molecule has 0 unspecified atom stereocenters. The first-order valence-electron chi connectivity index (χ1n) is 4.49. The van der Waals surface area contributed by atoms with Crippen LogP contribution < -0.4 is 10.5 Å². The molecule has 16 heavy (non-hydrogen) atoms. The highest BCUT2D eigenvalue weighted by atomic mass is 19.1. The minimum absolute atomic E-state index is 0.0122. The first-order chi connectivity index (χ1) is 7.71. The molecule has 5 heteroatoms. The molecule has 0 saturated heterocycles. The number of ether oxygens (including phenoxy) is 1. The molecule has 0 saturated carbocycles. The molecule has 3 nitrogen and oxygen atoms in total. The molecular weight excluding hydrogens is 214 g/mol. The Morgan fingerprint density at radius 3 is 2.81 bits per heavy atom. The van der Waals surface area contributed by atoms with Crippen molar-refractivity contribution in [2.24, 2.45) is 5.73 Å². The van der Waals surface area contributed by atoms with Gasteiger partial charge in [0.2, 0.25) is 0 Å². The molecule has 0 atom stereocenters. The molecular formula is C11H10F2N2O. The molecule has 1 aromatic carbocycles. The van der Waals surface area contributed by atoms with Crippen LogP contribution in [-0.2, 0) is 0 Å². The zero-order valence-electron chi connectivity index (χ0n) is 8.41. The van der Waals surface area contributed by atoms with Crippen molar-refractivity contribution in [2.75, 3.05) is 13.2 Å². The predicted octanol–water partition coefficient (Wildman–Crippen LogP) is 2.57. The number of benzene rings is 1. The minimum atomic E-state index is -0.649. The summed E-state index contributed by atoms with van der Waals surface area (Å²) < 4.78 is 30.4. The van der Waals surface area contributed by atoms with Crippen LogP contribution in [0.4, 0.5) is 14.5 Å². The standard InChI is InChI=1S/C11H10F2N2O/c1-15-9-2-3-11(10(13)4-9)16-7-8(5-12)6-14/h2-5H,6-7,14H2/b8-5+. The lowest BCUT2D eigenvalue weighted by molar-refractivity contribution is 0.328. The van der Waals surface area contributed by atoms with E-state index in [0.29, 0.717) is 6.33 Å². The molecule has 0 fully saturated rings. The van der Waals surface area contributed by atoms with Gasteiger partial charge in [-0.2, -0.15) is 0 Å². The normalized spacial score (nSPS) is 11.0. The van der Waals surface area contributed by atoms with E-state index in [1.807, 2.05) is 0 Å². The zero-order chi connectivity index (χ0) is 12.0. The van der Waals surface area contributed by atoms with Gasteiger partial charge in [0.1, 0.15) is 6.61 Å². The van der Waals surface area contributed by atoms with E-state index in [0.717, 1.165) is 6.07 Å². The van der Waals surface area contributed by atoms with Crippen molar-refractivity contribution in [3.63, 3.8) is 0 Å². The van der Waals surface area contributed by atoms with Crippen molar-refractivity contribution in [1.29, 1.82) is 0 Å². The van der Waals surface area contributed by atoms with Crippen molar-refractivity contribution in [2.45, 2.75) is 0 Å². The van der Waals surface area contributed by atoms with Crippen LogP contribution in [0.5, 0.6) is 5.75 Å². The number of halogens is 2. The third-order valence-corrected chi connectivity index (χ3v) is 1.87. The lowest BCUT2D eigenvalue weighted by Crippen LogP contribution is -2.11. The summed E-state index contributed by atoms with van der Waals surface area (Å²) in [6, 6.07) is 3.81. The largest absolute Gasteiger partial charge is 0.486 e. The first-order valence-corrected chi connectivity index (χ1v) is 4.49. The summed E-state index contributed by atoms with van der Waals surface area (Å²) in [4.78, 5) is 3.06. The molecule has 2 N–H and O–H groups in total. The van der Waals surface area contributed by atoms with Crippen LogP contribution >= 0.6 is 0 Å². The number of hydrogen-bond acceptors (Lipinski definition) is 2. The number of nitrogens with zero attached hydrogens (tertiary/aromatic N) is 1. The third-order valence-electron chi connectivity index (χ3n) is 1.87. The van der Waals surface area contributed by atoms with Crippen molar-refractivity contribution in [3.8, 4) is 5.75 Å². The van der Waals surface area contributed by atoms with Crippen LogP contribution in [-0.4, -0.2) is 13.2 Å². The van der Waals surface area contributed by atoms with Gasteiger partial charge in [0.25, 0.3) is 0 Å². The summed E-state index contributed by atoms with van der Waals surface area (Å²) in [5.41, 5.74) is 5.62. The maximum Gasteiger partial charge on any atom is 0.190 e. The Balaban J connectivity index is 2.72. The van der Waals surface area contributed by atoms with Gasteiger partial charge in [-0.15, -0.1) is 0 Å². The Kier molecular flexibility index (Phi) is 4.42. The Hall–Kier alpha value is -1.93. The Morgan fingerprint density at radius 1 is 1.56 bits per heavy atom. The van der Waals surface area contributed by atoms with E-state index in [1.54, 1.807) is 0 Å². The summed E-state index contributed by atoms with van der Waals surface area (Å²) in [6.07, 6.45) is 0.339. The van der Waals surface area contributed by atoms with Gasteiger partial charge in [0, 0.05) is 12.1 Å². The molecule has 0 aliphatic rings. The topological polar surface area (TPSA) is 39.6 Å². The van der Waals surface area contributed by atoms with Gasteiger partial charge in [-0.1, -0.05) is 6.07 Å². The fraction of sp³-hybridized carbons (Fsp3) is 0.182. The SMILES string of the molecule is [C-]#[N+]c1ccc(OC/C(=C/F)CN)c(F)c1. The second kappa shape index (κ2) is 5.83. The van der Waals surface area contributed by atoms with E-state index < -0.39 is 5.82 Å². The van der Waals surface area contributed by atoms with E-state index in [4.69, 9.17) is 17.0 Å². The fourth-order valence-corrected chi connectivity index (χ4v) is 0.982. The minimum Gasteiger partial charge on any atom is -0.486 e. The summed E-state index contributed by atoms with van der Waals surface area (Å²) in [5, 5.41) is 0. The van der Waals surface area contributed by atoms with E-state index in [1.165, 1.54) is 12.1 Å². The average Bonchev–Trinajstić information content (AvgIpc) is 2.32. The van der Waals surface area contributed by atoms with Gasteiger partial charge in [0.05, 0.1) is 12.9 Å². The second-order valence-electron chi connectivity index (χ2n) is 2.99. The predicted molar refractivity (Wildman–Crippen MR) is 56.4 cm³/mol. The Labute approximate surface area is 92.0 Å². The molecule has 1 rings (SSSR count). The molecule has 0 heterocycles. The van der Waals surface area contributed by atoms with Gasteiger partial charge in [-0.05, 0) is 12.1 Å². The van der Waals surface area contributed by atoms with E-state index in [2.05, 4.69) is 4.85 Å². The van der Waals surface area contributed by atoms with Crippen molar-refractivity contribution in [3.05, 3.63) is 47.3 Å². The lowest BCUT2D eigenvalue weighted by Gasteiger charge is -2.08. The van der Waals surface area contributed by atoms with Crippen molar-refractivity contribution < 1.29 is 13.5 Å². The molecule has 1 aromatic rings. The van der Waals surface area contributed by atoms with Gasteiger partial charge in [0.15, 0.2) is 17.3 Å². The molecule has 0 amide bonds. The average molecular weight is 224 g/mol. The number of rotatable bonds is 4. The van der Waals surface area contributed by atoms with Crippen LogP contribution in [0.1, 0.15) is 0 Å². The van der Waals surface area contributed by atoms with Gasteiger partial charge < -0.3 is 10.5 Å². The smallest absolute Gasteiger partial charge is 0.190 e. The second-order valence-corrected chi connectivity index (χ2v) is 2.99. The van der Waals surface area contributed by atoms with E-state index >= 15 is 0 Å². The quantitative estimate of drug-likeness (QED) is 0.798. The van der Waals surface area contributed by atoms with Gasteiger partial charge in [-0.3, -0.25) is 0 Å². The fourth-order valence-electron chi connectivity index (χ4n) is 0.982. The van der Waals surface area contributed by atoms with E-state index in [9.17, 15) is 8.78 Å². The summed E-state index contributed by atoms with van der Waals surface area (Å²) >= 11 is 0. The highest BCUT2D eigenvalue weighted by Crippen LogP contribution is 2.23. The van der Waals surface area contributed by atoms with Crippen LogP contribution in [0.15, 0.2) is 30.1 Å². The first kappa shape index (κ1) is 12.1. The maximum absolute atomic E-state index is 13.3. The third kappa shape index (κ3) is 3.04. The van der Waals surface area contributed by atoms with Gasteiger partial charge in [-0.25, -0.2) is 13.6 Å². The summed E-state index contributed by atoms with van der Waals surface area (Å²) in [6.45, 7) is 6.59. The molecule has 0 aliphatic heterocycles. The monoisotopic (exact) mass is 224 g/mol. The maximum atomic E-state index is 13.3. The zero-order valence-corrected chi connectivity index (χ0v) is 8.41. The summed E-state index contributed by atoms with van der Waals surface area (Å²) in [7, 11) is 0. The highest BCUT2D eigenvalue weighted by molar-refractivity contribution is 5.48. The summed E-state index contributed by atoms with van der Waals surface area (Å²) in [5.74, 6) is -0.677. The molecule has 0 aromatic heterocycles. The Morgan fingerprint density at radius 2 is 2.31 bits per heavy atom. The molecule has 0 spiro atoms. The molecule has 0 bridgehead atoms. The van der Waals surface area contributed by atoms with Crippen LogP contribution in [0, 0.1) is 12.4 Å². The molecule has 0 radical (unpaired) electrons.